The maximum absolute atomic E-state index is 9.51. The van der Waals surface area contributed by atoms with Gasteiger partial charge in [0.05, 0.1) is 19.3 Å². The number of hydrogen-bond donors (Lipinski definition) is 2. The van der Waals surface area contributed by atoms with Gasteiger partial charge in [-0.1, -0.05) is 11.0 Å². The minimum absolute atomic E-state index is 0.205. The standard InChI is InChI=1S/C13H18BNO2/c1-8-5-12-11(9(2)13(8)14)3-4-15(12)6-10(17)7-16/h3-5,10,16-17H,6-7,14H2,1-2H3/t10-/m1/s1. The number of aliphatic hydroxyl groups excluding tert-OH is 2. The molecule has 17 heavy (non-hydrogen) atoms. The molecule has 0 aliphatic rings. The predicted molar refractivity (Wildman–Crippen MR) is 72.7 cm³/mol. The van der Waals surface area contributed by atoms with Crippen LogP contribution in [0, 0.1) is 13.8 Å². The summed E-state index contributed by atoms with van der Waals surface area (Å²) in [5.74, 6) is 0. The molecule has 2 aromatic rings. The minimum Gasteiger partial charge on any atom is -0.394 e. The molecule has 1 heterocycles. The molecule has 0 aliphatic heterocycles. The Bertz CT molecular complexity index is 548. The van der Waals surface area contributed by atoms with Crippen LogP contribution >= 0.6 is 0 Å². The highest BCUT2D eigenvalue weighted by molar-refractivity contribution is 6.35. The maximum atomic E-state index is 9.51. The van der Waals surface area contributed by atoms with E-state index in [4.69, 9.17) is 5.11 Å². The van der Waals surface area contributed by atoms with Gasteiger partial charge in [0, 0.05) is 17.1 Å². The fraction of sp³-hybridized carbons (Fsp3) is 0.385. The van der Waals surface area contributed by atoms with Crippen molar-refractivity contribution in [2.75, 3.05) is 6.61 Å². The molecule has 2 rings (SSSR count). The Kier molecular flexibility index (Phi) is 3.27. The van der Waals surface area contributed by atoms with Gasteiger partial charge in [-0.05, 0) is 31.5 Å². The average molecular weight is 231 g/mol. The summed E-state index contributed by atoms with van der Waals surface area (Å²) in [7, 11) is 2.13. The molecule has 0 radical (unpaired) electrons. The van der Waals surface area contributed by atoms with Crippen molar-refractivity contribution in [1.29, 1.82) is 0 Å². The van der Waals surface area contributed by atoms with E-state index in [1.807, 2.05) is 10.8 Å². The molecular weight excluding hydrogens is 213 g/mol. The molecule has 0 bridgehead atoms. The summed E-state index contributed by atoms with van der Waals surface area (Å²) in [6.45, 7) is 4.45. The lowest BCUT2D eigenvalue weighted by Crippen LogP contribution is -2.19. The zero-order chi connectivity index (χ0) is 12.6. The van der Waals surface area contributed by atoms with E-state index in [9.17, 15) is 5.11 Å². The Hall–Kier alpha value is -1.26. The van der Waals surface area contributed by atoms with Crippen LogP contribution in [-0.4, -0.2) is 35.3 Å². The summed E-state index contributed by atoms with van der Waals surface area (Å²) in [5.41, 5.74) is 4.99. The first kappa shape index (κ1) is 12.2. The number of aryl methyl sites for hydroxylation is 2. The second kappa shape index (κ2) is 4.55. The average Bonchev–Trinajstić information content (AvgIpc) is 2.69. The second-order valence-corrected chi connectivity index (χ2v) is 4.68. The zero-order valence-electron chi connectivity index (χ0n) is 10.6. The number of aromatic nitrogens is 1. The van der Waals surface area contributed by atoms with Crippen molar-refractivity contribution in [3.8, 4) is 0 Å². The molecule has 0 saturated carbocycles. The van der Waals surface area contributed by atoms with Crippen LogP contribution in [0.4, 0.5) is 0 Å². The van der Waals surface area contributed by atoms with E-state index < -0.39 is 6.10 Å². The maximum Gasteiger partial charge on any atom is 0.140 e. The van der Waals surface area contributed by atoms with Gasteiger partial charge in [0.2, 0.25) is 0 Å². The van der Waals surface area contributed by atoms with Gasteiger partial charge in [0.1, 0.15) is 7.85 Å². The fourth-order valence-corrected chi connectivity index (χ4v) is 2.22. The van der Waals surface area contributed by atoms with Crippen LogP contribution in [0.1, 0.15) is 11.1 Å². The molecule has 4 heteroatoms. The van der Waals surface area contributed by atoms with Gasteiger partial charge < -0.3 is 14.8 Å². The molecule has 1 atom stereocenters. The summed E-state index contributed by atoms with van der Waals surface area (Å²) in [5, 5.41) is 19.6. The van der Waals surface area contributed by atoms with Gasteiger partial charge in [-0.3, -0.25) is 0 Å². The molecule has 0 aliphatic carbocycles. The van der Waals surface area contributed by atoms with Crippen LogP contribution in [0.3, 0.4) is 0 Å². The number of fused-ring (bicyclic) bond motifs is 1. The van der Waals surface area contributed by atoms with Crippen LogP contribution in [0.15, 0.2) is 18.3 Å². The normalized spacial score (nSPS) is 13.2. The Morgan fingerprint density at radius 2 is 2.12 bits per heavy atom. The summed E-state index contributed by atoms with van der Waals surface area (Å²) >= 11 is 0. The highest BCUT2D eigenvalue weighted by Gasteiger charge is 2.10. The number of aliphatic hydroxyl groups is 2. The van der Waals surface area contributed by atoms with Crippen molar-refractivity contribution in [2.24, 2.45) is 0 Å². The Balaban J connectivity index is 2.54. The van der Waals surface area contributed by atoms with Crippen LogP contribution < -0.4 is 5.46 Å². The largest absolute Gasteiger partial charge is 0.394 e. The van der Waals surface area contributed by atoms with Gasteiger partial charge in [0.25, 0.3) is 0 Å². The number of hydrogen-bond acceptors (Lipinski definition) is 2. The number of benzene rings is 1. The van der Waals surface area contributed by atoms with Gasteiger partial charge in [0.15, 0.2) is 0 Å². The third kappa shape index (κ3) is 2.10. The summed E-state index contributed by atoms with van der Waals surface area (Å²) in [4.78, 5) is 0. The molecule has 0 saturated heterocycles. The molecule has 0 unspecified atom stereocenters. The van der Waals surface area contributed by atoms with Crippen LogP contribution in [-0.2, 0) is 6.54 Å². The van der Waals surface area contributed by atoms with E-state index in [0.717, 1.165) is 5.52 Å². The van der Waals surface area contributed by atoms with E-state index in [2.05, 4.69) is 33.8 Å². The second-order valence-electron chi connectivity index (χ2n) is 4.68. The SMILES string of the molecule is Bc1c(C)cc2c(ccn2C[C@@H](O)CO)c1C. The van der Waals surface area contributed by atoms with Crippen molar-refractivity contribution in [2.45, 2.75) is 26.5 Å². The lowest BCUT2D eigenvalue weighted by atomic mass is 9.85. The summed E-state index contributed by atoms with van der Waals surface area (Å²) in [6, 6.07) is 4.21. The van der Waals surface area contributed by atoms with Crippen molar-refractivity contribution in [3.05, 3.63) is 29.5 Å². The smallest absolute Gasteiger partial charge is 0.140 e. The van der Waals surface area contributed by atoms with E-state index in [0.29, 0.717) is 6.54 Å². The Labute approximate surface area is 102 Å². The van der Waals surface area contributed by atoms with E-state index in [1.165, 1.54) is 22.0 Å². The molecule has 1 aromatic carbocycles. The first-order valence-corrected chi connectivity index (χ1v) is 5.89. The lowest BCUT2D eigenvalue weighted by molar-refractivity contribution is 0.0822. The molecule has 0 spiro atoms. The monoisotopic (exact) mass is 231 g/mol. The van der Waals surface area contributed by atoms with E-state index in [-0.39, 0.29) is 6.61 Å². The molecule has 0 amide bonds. The summed E-state index contributed by atoms with van der Waals surface area (Å²) in [6.07, 6.45) is 1.27. The number of rotatable bonds is 3. The zero-order valence-corrected chi connectivity index (χ0v) is 10.6. The molecule has 0 fully saturated rings. The van der Waals surface area contributed by atoms with Crippen LogP contribution in [0.2, 0.25) is 0 Å². The van der Waals surface area contributed by atoms with Gasteiger partial charge in [-0.15, -0.1) is 0 Å². The molecule has 90 valence electrons. The summed E-state index contributed by atoms with van der Waals surface area (Å²) < 4.78 is 2.00. The Morgan fingerprint density at radius 1 is 1.41 bits per heavy atom. The van der Waals surface area contributed by atoms with E-state index >= 15 is 0 Å². The quantitative estimate of drug-likeness (QED) is 0.723. The fourth-order valence-electron chi connectivity index (χ4n) is 2.22. The number of nitrogens with zero attached hydrogens (tertiary/aromatic N) is 1. The topological polar surface area (TPSA) is 45.4 Å². The van der Waals surface area contributed by atoms with Crippen molar-refractivity contribution in [1.82, 2.24) is 4.57 Å². The highest BCUT2D eigenvalue weighted by atomic mass is 16.3. The van der Waals surface area contributed by atoms with Gasteiger partial charge >= 0.3 is 0 Å². The van der Waals surface area contributed by atoms with Crippen molar-refractivity contribution in [3.63, 3.8) is 0 Å². The molecule has 3 nitrogen and oxygen atoms in total. The third-order valence-corrected chi connectivity index (χ3v) is 3.54. The first-order chi connectivity index (χ1) is 8.04. The van der Waals surface area contributed by atoms with Crippen LogP contribution in [0.5, 0.6) is 0 Å². The van der Waals surface area contributed by atoms with E-state index in [1.54, 1.807) is 0 Å². The highest BCUT2D eigenvalue weighted by Crippen LogP contribution is 2.20. The Morgan fingerprint density at radius 3 is 2.76 bits per heavy atom. The first-order valence-electron chi connectivity index (χ1n) is 5.89. The molecule has 2 N–H and O–H groups in total. The van der Waals surface area contributed by atoms with Crippen LogP contribution in [0.25, 0.3) is 10.9 Å². The van der Waals surface area contributed by atoms with Crippen molar-refractivity contribution < 1.29 is 10.2 Å². The molecular formula is C13H18BNO2. The van der Waals surface area contributed by atoms with Gasteiger partial charge in [-0.2, -0.15) is 0 Å². The van der Waals surface area contributed by atoms with Gasteiger partial charge in [-0.25, -0.2) is 0 Å². The van der Waals surface area contributed by atoms with Crippen molar-refractivity contribution >= 4 is 24.2 Å². The lowest BCUT2D eigenvalue weighted by Gasteiger charge is -2.12. The minimum atomic E-state index is -0.701. The predicted octanol–water partition coefficient (Wildman–Crippen LogP) is -0.130. The molecule has 1 aromatic heterocycles. The third-order valence-electron chi connectivity index (χ3n) is 3.54.